The van der Waals surface area contributed by atoms with Crippen molar-refractivity contribution in [3.8, 4) is 0 Å². The van der Waals surface area contributed by atoms with Crippen molar-refractivity contribution in [2.45, 2.75) is 69.2 Å². The fraction of sp³-hybridized carbons (Fsp3) is 0.467. The maximum Gasteiger partial charge on any atom is 0.410 e. The molecule has 1 saturated carbocycles. The number of hydrogen-bond donors (Lipinski definition) is 2. The van der Waals surface area contributed by atoms with E-state index in [0.29, 0.717) is 13.1 Å². The molecular weight excluding hydrogens is 464 g/mol. The van der Waals surface area contributed by atoms with Crippen LogP contribution in [0.1, 0.15) is 55.6 Å². The predicted molar refractivity (Wildman–Crippen MR) is 143 cm³/mol. The molecule has 0 spiro atoms. The molecule has 7 heteroatoms. The Morgan fingerprint density at radius 3 is 2.54 bits per heavy atom. The monoisotopic (exact) mass is 500 g/mol. The number of likely N-dealkylation sites (tertiary alicyclic amines) is 2. The highest BCUT2D eigenvalue weighted by molar-refractivity contribution is 5.86. The largest absolute Gasteiger partial charge is 0.445 e. The molecule has 3 aromatic rings. The van der Waals surface area contributed by atoms with Gasteiger partial charge in [0.1, 0.15) is 6.61 Å². The Kier molecular flexibility index (Phi) is 6.63. The van der Waals surface area contributed by atoms with Crippen LogP contribution in [-0.4, -0.2) is 58.0 Å². The highest BCUT2D eigenvalue weighted by Gasteiger charge is 2.53. The summed E-state index contributed by atoms with van der Waals surface area (Å²) in [5.41, 5.74) is 9.78. The van der Waals surface area contributed by atoms with E-state index in [4.69, 9.17) is 10.5 Å². The summed E-state index contributed by atoms with van der Waals surface area (Å²) in [6.45, 7) is 1.38. The van der Waals surface area contributed by atoms with Gasteiger partial charge in [0.2, 0.25) is 5.91 Å². The van der Waals surface area contributed by atoms with Gasteiger partial charge < -0.3 is 25.3 Å². The van der Waals surface area contributed by atoms with Crippen molar-refractivity contribution in [1.29, 1.82) is 0 Å². The molecule has 0 bridgehead atoms. The minimum atomic E-state index is -0.471. The van der Waals surface area contributed by atoms with Gasteiger partial charge in [0.25, 0.3) is 0 Å². The number of rotatable bonds is 5. The first-order valence-corrected chi connectivity index (χ1v) is 13.7. The number of carbonyl (C=O) groups is 2. The van der Waals surface area contributed by atoms with Crippen molar-refractivity contribution in [3.63, 3.8) is 0 Å². The molecule has 37 heavy (non-hydrogen) atoms. The lowest BCUT2D eigenvalue weighted by atomic mass is 9.83. The Morgan fingerprint density at radius 1 is 0.973 bits per heavy atom. The summed E-state index contributed by atoms with van der Waals surface area (Å²) in [5, 5.41) is 1.14. The zero-order valence-corrected chi connectivity index (χ0v) is 21.2. The number of para-hydroxylation sites is 1. The quantitative estimate of drug-likeness (QED) is 0.527. The molecule has 2 aliphatic heterocycles. The maximum absolute atomic E-state index is 13.8. The number of nitrogens with zero attached hydrogens (tertiary/aromatic N) is 2. The van der Waals surface area contributed by atoms with Gasteiger partial charge >= 0.3 is 6.09 Å². The summed E-state index contributed by atoms with van der Waals surface area (Å²) < 4.78 is 5.76. The standard InChI is InChI=1S/C30H36N4O3/c31-27(21-11-5-2-6-12-21)29(35)33-16-15-26-28(33)24(23-17-32-25-14-8-7-13-22(23)25)18-34(26)30(36)37-19-20-9-3-1-4-10-20/h1,3-4,7-10,13-14,17,21,24,26-28,32H,2,5-6,11-12,15-16,18-19,31H2/t24-,26-,27+,28-/m1/s1. The van der Waals surface area contributed by atoms with Crippen LogP contribution in [0.4, 0.5) is 4.79 Å². The molecule has 3 N–H and O–H groups in total. The number of amides is 2. The van der Waals surface area contributed by atoms with E-state index in [1.54, 1.807) is 0 Å². The molecule has 194 valence electrons. The van der Waals surface area contributed by atoms with Crippen molar-refractivity contribution in [2.75, 3.05) is 13.1 Å². The van der Waals surface area contributed by atoms with Crippen molar-refractivity contribution in [1.82, 2.24) is 14.8 Å². The third kappa shape index (κ3) is 4.50. The Hall–Kier alpha value is -3.32. The van der Waals surface area contributed by atoms with E-state index >= 15 is 0 Å². The molecule has 1 aliphatic carbocycles. The maximum atomic E-state index is 13.8. The highest BCUT2D eigenvalue weighted by Crippen LogP contribution is 2.44. The summed E-state index contributed by atoms with van der Waals surface area (Å²) >= 11 is 0. The van der Waals surface area contributed by atoms with Crippen LogP contribution in [0.15, 0.2) is 60.8 Å². The molecule has 0 radical (unpaired) electrons. The molecule has 2 saturated heterocycles. The zero-order valence-electron chi connectivity index (χ0n) is 21.2. The predicted octanol–water partition coefficient (Wildman–Crippen LogP) is 4.78. The normalized spacial score (nSPS) is 24.8. The number of hydrogen-bond acceptors (Lipinski definition) is 4. The van der Waals surface area contributed by atoms with Gasteiger partial charge in [-0.2, -0.15) is 0 Å². The summed E-state index contributed by atoms with van der Waals surface area (Å²) in [4.78, 5) is 34.4. The number of carbonyl (C=O) groups excluding carboxylic acids is 2. The fourth-order valence-electron chi connectivity index (χ4n) is 6.92. The van der Waals surface area contributed by atoms with E-state index < -0.39 is 6.04 Å². The number of nitrogens with two attached hydrogens (primary N) is 1. The number of ether oxygens (including phenoxy) is 1. The average molecular weight is 501 g/mol. The van der Waals surface area contributed by atoms with Gasteiger partial charge in [0.15, 0.2) is 0 Å². The summed E-state index contributed by atoms with van der Waals surface area (Å²) in [7, 11) is 0. The zero-order chi connectivity index (χ0) is 25.4. The van der Waals surface area contributed by atoms with E-state index in [9.17, 15) is 9.59 Å². The molecule has 3 heterocycles. The van der Waals surface area contributed by atoms with Gasteiger partial charge in [-0.1, -0.05) is 67.8 Å². The smallest absolute Gasteiger partial charge is 0.410 e. The molecule has 1 aromatic heterocycles. The van der Waals surface area contributed by atoms with E-state index in [2.05, 4.69) is 17.1 Å². The van der Waals surface area contributed by atoms with E-state index in [1.165, 1.54) is 6.42 Å². The number of benzene rings is 2. The molecule has 4 atom stereocenters. The third-order valence-corrected chi connectivity index (χ3v) is 8.81. The molecule has 7 nitrogen and oxygen atoms in total. The van der Waals surface area contributed by atoms with Gasteiger partial charge in [-0.25, -0.2) is 4.79 Å². The number of nitrogens with one attached hydrogen (secondary N) is 1. The molecule has 6 rings (SSSR count). The first kappa shape index (κ1) is 24.0. The third-order valence-electron chi connectivity index (χ3n) is 8.81. The van der Waals surface area contributed by atoms with Crippen LogP contribution in [0.3, 0.4) is 0 Å². The summed E-state index contributed by atoms with van der Waals surface area (Å²) in [5.74, 6) is 0.291. The minimum absolute atomic E-state index is 0.00423. The van der Waals surface area contributed by atoms with Crippen LogP contribution in [0, 0.1) is 5.92 Å². The van der Waals surface area contributed by atoms with Gasteiger partial charge in [-0.3, -0.25) is 4.79 Å². The number of H-pyrrole nitrogens is 1. The van der Waals surface area contributed by atoms with Gasteiger partial charge in [-0.05, 0) is 42.4 Å². The lowest BCUT2D eigenvalue weighted by Gasteiger charge is -2.34. The van der Waals surface area contributed by atoms with Gasteiger partial charge in [0.05, 0.1) is 18.1 Å². The second-order valence-corrected chi connectivity index (χ2v) is 10.9. The Morgan fingerprint density at radius 2 is 1.73 bits per heavy atom. The molecule has 2 aromatic carbocycles. The van der Waals surface area contributed by atoms with Crippen LogP contribution in [0.2, 0.25) is 0 Å². The van der Waals surface area contributed by atoms with E-state index in [-0.39, 0.29) is 42.5 Å². The fourth-order valence-corrected chi connectivity index (χ4v) is 6.92. The average Bonchev–Trinajstić information content (AvgIpc) is 3.66. The SMILES string of the molecule is N[C@H](C(=O)N1CC[C@@H]2[C@H]1[C@@H](c1c[nH]c3ccccc13)CN2C(=O)OCc1ccccc1)C1CCCCC1. The lowest BCUT2D eigenvalue weighted by Crippen LogP contribution is -2.52. The number of aromatic amines is 1. The number of aromatic nitrogens is 1. The second-order valence-electron chi connectivity index (χ2n) is 10.9. The minimum Gasteiger partial charge on any atom is -0.445 e. The highest BCUT2D eigenvalue weighted by atomic mass is 16.6. The van der Waals surface area contributed by atoms with Gasteiger partial charge in [0, 0.05) is 36.1 Å². The first-order chi connectivity index (χ1) is 18.1. The second kappa shape index (κ2) is 10.2. The lowest BCUT2D eigenvalue weighted by molar-refractivity contribution is -0.135. The van der Waals surface area contributed by atoms with E-state index in [1.807, 2.05) is 58.5 Å². The van der Waals surface area contributed by atoms with Crippen LogP contribution in [0.25, 0.3) is 10.9 Å². The number of fused-ring (bicyclic) bond motifs is 2. The van der Waals surface area contributed by atoms with Crippen molar-refractivity contribution in [3.05, 3.63) is 71.9 Å². The van der Waals surface area contributed by atoms with Crippen molar-refractivity contribution in [2.24, 2.45) is 11.7 Å². The van der Waals surface area contributed by atoms with Crippen molar-refractivity contribution >= 4 is 22.9 Å². The molecule has 3 fully saturated rings. The molecule has 2 amide bonds. The Labute approximate surface area is 217 Å². The molecular formula is C30H36N4O3. The Bertz CT molecular complexity index is 1250. The molecule has 0 unspecified atom stereocenters. The first-order valence-electron chi connectivity index (χ1n) is 13.7. The summed E-state index contributed by atoms with van der Waals surface area (Å²) in [6, 6.07) is 17.3. The topological polar surface area (TPSA) is 91.7 Å². The molecule has 3 aliphatic rings. The van der Waals surface area contributed by atoms with Gasteiger partial charge in [-0.15, -0.1) is 0 Å². The van der Waals surface area contributed by atoms with Crippen LogP contribution in [-0.2, 0) is 16.1 Å². The Balaban J connectivity index is 1.28. The summed E-state index contributed by atoms with van der Waals surface area (Å²) in [6.07, 6.45) is 8.06. The van der Waals surface area contributed by atoms with Crippen LogP contribution < -0.4 is 5.73 Å². The van der Waals surface area contributed by atoms with Crippen LogP contribution >= 0.6 is 0 Å². The van der Waals surface area contributed by atoms with E-state index in [0.717, 1.165) is 54.1 Å². The van der Waals surface area contributed by atoms with Crippen molar-refractivity contribution < 1.29 is 14.3 Å². The van der Waals surface area contributed by atoms with Crippen LogP contribution in [0.5, 0.6) is 0 Å².